The summed E-state index contributed by atoms with van der Waals surface area (Å²) in [5, 5.41) is 68.4. The average molecular weight is 1050 g/mol. The number of hydrogen-bond acceptors (Lipinski definition) is 17. The van der Waals surface area contributed by atoms with E-state index >= 15 is 0 Å². The quantitative estimate of drug-likeness (QED) is 0.159. The van der Waals surface area contributed by atoms with Gasteiger partial charge >= 0.3 is 5.97 Å². The Morgan fingerprint density at radius 3 is 2.28 bits per heavy atom. The number of aromatic nitrogens is 3. The number of halogens is 1. The van der Waals surface area contributed by atoms with Crippen molar-refractivity contribution in [3.63, 3.8) is 0 Å². The highest BCUT2D eigenvalue weighted by Crippen LogP contribution is 2.40. The van der Waals surface area contributed by atoms with Gasteiger partial charge in [0.1, 0.15) is 36.7 Å². The number of hydrogen-bond donors (Lipinski definition) is 5. The zero-order valence-electron chi connectivity index (χ0n) is 46.2. The molecule has 0 radical (unpaired) electrons. The van der Waals surface area contributed by atoms with Crippen molar-refractivity contribution in [3.05, 3.63) is 41.7 Å². The van der Waals surface area contributed by atoms with Gasteiger partial charge in [0.2, 0.25) is 5.91 Å². The van der Waals surface area contributed by atoms with Gasteiger partial charge in [-0.15, -0.1) is 5.10 Å². The summed E-state index contributed by atoms with van der Waals surface area (Å²) >= 11 is 0. The molecule has 0 aliphatic carbocycles. The number of carbonyl (C=O) groups excluding carboxylic acids is 2. The van der Waals surface area contributed by atoms with E-state index in [1.165, 1.54) is 14.0 Å². The predicted octanol–water partition coefficient (Wildman–Crippen LogP) is 3.99. The van der Waals surface area contributed by atoms with E-state index in [0.29, 0.717) is 51.0 Å². The molecule has 2 aromatic rings. The number of carbonyl (C=O) groups is 2. The van der Waals surface area contributed by atoms with E-state index in [0.717, 1.165) is 17.7 Å². The first kappa shape index (κ1) is 60.0. The lowest BCUT2D eigenvalue weighted by Crippen LogP contribution is -2.61. The normalized spacial score (nSPS) is 39.9. The highest BCUT2D eigenvalue weighted by molar-refractivity contribution is 5.95. The van der Waals surface area contributed by atoms with E-state index < -0.39 is 121 Å². The van der Waals surface area contributed by atoms with Crippen LogP contribution in [0.15, 0.2) is 30.5 Å². The zero-order valence-corrected chi connectivity index (χ0v) is 46.2. The molecule has 19 nitrogen and oxygen atoms in total. The Morgan fingerprint density at radius 2 is 1.66 bits per heavy atom. The molecule has 420 valence electrons. The van der Waals surface area contributed by atoms with Crippen molar-refractivity contribution in [2.75, 3.05) is 52.4 Å². The van der Waals surface area contributed by atoms with Crippen LogP contribution in [0.5, 0.6) is 0 Å². The van der Waals surface area contributed by atoms with Gasteiger partial charge in [-0.3, -0.25) is 9.59 Å². The lowest BCUT2D eigenvalue weighted by molar-refractivity contribution is -0.318. The fourth-order valence-corrected chi connectivity index (χ4v) is 11.9. The van der Waals surface area contributed by atoms with Gasteiger partial charge in [-0.05, 0) is 118 Å². The molecule has 4 saturated heterocycles. The van der Waals surface area contributed by atoms with Crippen molar-refractivity contribution in [2.45, 2.75) is 217 Å². The third-order valence-electron chi connectivity index (χ3n) is 16.7. The molecule has 0 saturated carbocycles. The molecule has 1 aromatic carbocycles. The minimum Gasteiger partial charge on any atom is -0.459 e. The SMILES string of the molecule is CC[C@H]1OC(=O)[C@H](C)[C@@H](O[C@H]2C[C@@](C)(OC)[C@@H](O)[C@H](C)O2)[C@H](C)[C@@H](O[C@@H]2O[C@H](C)C[C@H](N(C)CCc3cn([C@H](CF)Cc4ccc(N5CCCC5=O)cc4)nn3)[C@H]2O)[C@](C)(O)C[C@@H](C)CN(C)[C@H](C)[C@@H](O)[C@]1(C)O. The number of amides is 1. The number of benzene rings is 1. The van der Waals surface area contributed by atoms with Crippen LogP contribution in [0, 0.1) is 17.8 Å². The van der Waals surface area contributed by atoms with Crippen LogP contribution in [-0.4, -0.2) is 200 Å². The molecule has 0 spiro atoms. The molecule has 4 fully saturated rings. The number of likely N-dealkylation sites (N-methyl/N-ethyl adjacent to an activating group) is 2. The van der Waals surface area contributed by atoms with Gasteiger partial charge in [0, 0.05) is 75.9 Å². The van der Waals surface area contributed by atoms with Crippen LogP contribution < -0.4 is 4.90 Å². The summed E-state index contributed by atoms with van der Waals surface area (Å²) < 4.78 is 54.4. The Labute approximate surface area is 437 Å². The van der Waals surface area contributed by atoms with Crippen molar-refractivity contribution >= 4 is 17.6 Å². The monoisotopic (exact) mass is 1050 g/mol. The van der Waals surface area contributed by atoms with E-state index in [9.17, 15) is 39.5 Å². The topological polar surface area (TPSA) is 231 Å². The standard InChI is InChI=1S/C54H89FN6O13/c1-14-42-54(10,68)47(64)35(6)59(12)29-31(2)26-52(8,67)49(33(4)46(34(5)50(66)72-42)73-44-27-53(9,69-13)48(65)36(7)71-44)74-51-45(63)41(24-32(3)70-51)58(11)23-21-38-30-61(57-56-38)40(28-55)25-37-17-19-39(20-18-37)60-22-15-16-43(60)62/h17-20,30-36,40-42,44-49,51,63-65,67-68H,14-16,21-29H2,1-13H3/t31-,32-,33+,34-,35-,36+,40+,41+,42-,44+,45-,46+,47-,48+,49-,51+,52-,53-,54-/m1/s1. The summed E-state index contributed by atoms with van der Waals surface area (Å²) in [4.78, 5) is 32.4. The molecule has 1 aromatic heterocycles. The molecule has 19 atom stereocenters. The van der Waals surface area contributed by atoms with Crippen molar-refractivity contribution < 1.29 is 67.9 Å². The number of aliphatic hydroxyl groups is 5. The van der Waals surface area contributed by atoms with Crippen LogP contribution in [0.4, 0.5) is 10.1 Å². The number of anilines is 1. The van der Waals surface area contributed by atoms with E-state index in [1.54, 1.807) is 64.2 Å². The van der Waals surface area contributed by atoms with Crippen LogP contribution in [-0.2, 0) is 50.9 Å². The fraction of sp³-hybridized carbons (Fsp3) is 0.815. The molecular weight excluding hydrogens is 960 g/mol. The van der Waals surface area contributed by atoms with Crippen LogP contribution >= 0.6 is 0 Å². The van der Waals surface area contributed by atoms with Gasteiger partial charge in [-0.2, -0.15) is 0 Å². The van der Waals surface area contributed by atoms with Crippen LogP contribution in [0.2, 0.25) is 0 Å². The van der Waals surface area contributed by atoms with E-state index in [4.69, 9.17) is 28.4 Å². The van der Waals surface area contributed by atoms with Gasteiger partial charge in [-0.25, -0.2) is 9.07 Å². The van der Waals surface area contributed by atoms with E-state index in [1.807, 2.05) is 62.0 Å². The van der Waals surface area contributed by atoms with Crippen molar-refractivity contribution in [2.24, 2.45) is 17.8 Å². The Balaban J connectivity index is 1.24. The average Bonchev–Trinajstić information content (AvgIpc) is 4.02. The predicted molar refractivity (Wildman–Crippen MR) is 274 cm³/mol. The summed E-state index contributed by atoms with van der Waals surface area (Å²) in [5.41, 5.74) is -2.19. The Bertz CT molecular complexity index is 2120. The number of ether oxygens (including phenoxy) is 6. The van der Waals surface area contributed by atoms with Gasteiger partial charge in [0.25, 0.3) is 0 Å². The largest absolute Gasteiger partial charge is 0.459 e. The van der Waals surface area contributed by atoms with E-state index in [2.05, 4.69) is 10.3 Å². The number of alkyl halides is 1. The second-order valence-corrected chi connectivity index (χ2v) is 22.9. The van der Waals surface area contributed by atoms with Crippen molar-refractivity contribution in [1.29, 1.82) is 0 Å². The van der Waals surface area contributed by atoms with Crippen LogP contribution in [0.1, 0.15) is 125 Å². The van der Waals surface area contributed by atoms with Crippen LogP contribution in [0.25, 0.3) is 0 Å². The molecule has 4 aliphatic heterocycles. The number of cyclic esters (lactones) is 1. The lowest BCUT2D eigenvalue weighted by Gasteiger charge is -2.49. The Kier molecular flexibility index (Phi) is 20.3. The second-order valence-electron chi connectivity index (χ2n) is 22.9. The molecule has 5 N–H and O–H groups in total. The smallest absolute Gasteiger partial charge is 0.311 e. The molecule has 0 bridgehead atoms. The summed E-state index contributed by atoms with van der Waals surface area (Å²) in [7, 11) is 5.22. The van der Waals surface area contributed by atoms with Crippen LogP contribution in [0.3, 0.4) is 0 Å². The summed E-state index contributed by atoms with van der Waals surface area (Å²) in [6, 6.07) is 5.98. The molecule has 20 heteroatoms. The molecular formula is C54H89FN6O13. The number of methoxy groups -OCH3 is 1. The van der Waals surface area contributed by atoms with Gasteiger partial charge in [0.15, 0.2) is 12.6 Å². The maximum atomic E-state index is 14.6. The minimum atomic E-state index is -1.85. The van der Waals surface area contributed by atoms with Crippen molar-refractivity contribution in [3.8, 4) is 0 Å². The van der Waals surface area contributed by atoms with Crippen molar-refractivity contribution in [1.82, 2.24) is 24.8 Å². The maximum Gasteiger partial charge on any atom is 0.311 e. The summed E-state index contributed by atoms with van der Waals surface area (Å²) in [5.74, 6) is -2.76. The Morgan fingerprint density at radius 1 is 0.973 bits per heavy atom. The summed E-state index contributed by atoms with van der Waals surface area (Å²) in [6.45, 7) is 18.3. The summed E-state index contributed by atoms with van der Waals surface area (Å²) in [6.07, 6.45) is -5.44. The maximum absolute atomic E-state index is 14.6. The highest BCUT2D eigenvalue weighted by atomic mass is 19.1. The minimum absolute atomic E-state index is 0.0860. The fourth-order valence-electron chi connectivity index (χ4n) is 11.9. The number of nitrogens with zero attached hydrogens (tertiary/aromatic N) is 6. The molecule has 5 heterocycles. The van der Waals surface area contributed by atoms with Gasteiger partial charge in [-0.1, -0.05) is 38.1 Å². The van der Waals surface area contributed by atoms with E-state index in [-0.39, 0.29) is 31.1 Å². The molecule has 1 amide bonds. The zero-order chi connectivity index (χ0) is 54.6. The number of rotatable bonds is 15. The lowest BCUT2D eigenvalue weighted by atomic mass is 9.77. The Hall–Kier alpha value is -3.25. The molecule has 4 aliphatic rings. The number of aliphatic hydroxyl groups excluding tert-OH is 3. The third kappa shape index (κ3) is 13.7. The first-order chi connectivity index (χ1) is 34.7. The molecule has 0 unspecified atom stereocenters. The highest BCUT2D eigenvalue weighted by Gasteiger charge is 2.53. The first-order valence-corrected chi connectivity index (χ1v) is 26.9. The molecule has 6 rings (SSSR count). The third-order valence-corrected chi connectivity index (χ3v) is 16.7. The van der Waals surface area contributed by atoms with Gasteiger partial charge < -0.3 is 68.7 Å². The number of esters is 1. The first-order valence-electron chi connectivity index (χ1n) is 26.9. The molecule has 74 heavy (non-hydrogen) atoms. The van der Waals surface area contributed by atoms with Gasteiger partial charge in [0.05, 0.1) is 53.3 Å². The second kappa shape index (κ2) is 25.0.